The third-order valence-electron chi connectivity index (χ3n) is 4.14. The van der Waals surface area contributed by atoms with Crippen LogP contribution < -0.4 is 16.8 Å². The molecule has 2 aromatic rings. The number of carbonyl (C=O) groups excluding carboxylic acids is 1. The lowest BCUT2D eigenvalue weighted by molar-refractivity contribution is -0.119. The number of fused-ring (bicyclic) bond motifs is 1. The smallest absolute Gasteiger partial charge is 0.408 e. The van der Waals surface area contributed by atoms with Crippen LogP contribution in [0, 0.1) is 5.92 Å². The summed E-state index contributed by atoms with van der Waals surface area (Å²) in [6.45, 7) is 1.30. The second kappa shape index (κ2) is 5.94. The second-order valence-electron chi connectivity index (χ2n) is 5.57. The van der Waals surface area contributed by atoms with Crippen LogP contribution in [0.25, 0.3) is 11.1 Å². The van der Waals surface area contributed by atoms with Crippen molar-refractivity contribution in [2.45, 2.75) is 18.9 Å². The van der Waals surface area contributed by atoms with E-state index in [0.29, 0.717) is 30.0 Å². The highest BCUT2D eigenvalue weighted by Gasteiger charge is 2.26. The summed E-state index contributed by atoms with van der Waals surface area (Å²) in [6.07, 6.45) is 1.59. The minimum atomic E-state index is -0.562. The van der Waals surface area contributed by atoms with Crippen molar-refractivity contribution < 1.29 is 13.9 Å². The average molecular weight is 305 g/mol. The van der Waals surface area contributed by atoms with Gasteiger partial charge in [-0.1, -0.05) is 0 Å². The van der Waals surface area contributed by atoms with Gasteiger partial charge in [0.15, 0.2) is 5.58 Å². The maximum absolute atomic E-state index is 12.3. The highest BCUT2D eigenvalue weighted by molar-refractivity contribution is 5.96. The van der Waals surface area contributed by atoms with Crippen molar-refractivity contribution in [3.8, 4) is 0 Å². The molecule has 118 valence electrons. The molecule has 0 bridgehead atoms. The van der Waals surface area contributed by atoms with Gasteiger partial charge in [-0.15, -0.1) is 0 Å². The fourth-order valence-corrected chi connectivity index (χ4v) is 2.72. The summed E-state index contributed by atoms with van der Waals surface area (Å²) in [7, 11) is 1.62. The number of nitrogens with two attached hydrogens (primary N) is 1. The number of hydrogen-bond donors (Lipinski definition) is 2. The van der Waals surface area contributed by atoms with Crippen molar-refractivity contribution in [2.24, 2.45) is 18.7 Å². The molecule has 1 fully saturated rings. The number of aryl methyl sites for hydroxylation is 1. The molecule has 1 aromatic heterocycles. The van der Waals surface area contributed by atoms with E-state index in [9.17, 15) is 9.59 Å². The fraction of sp³-hybridized carbons (Fsp3) is 0.467. The largest absolute Gasteiger partial charge is 0.419 e. The molecule has 1 saturated heterocycles. The third-order valence-corrected chi connectivity index (χ3v) is 4.14. The van der Waals surface area contributed by atoms with E-state index < -0.39 is 11.8 Å². The topological polar surface area (TPSA) is 99.5 Å². The van der Waals surface area contributed by atoms with Crippen molar-refractivity contribution in [3.63, 3.8) is 0 Å². The molecule has 1 atom stereocenters. The first-order valence-corrected chi connectivity index (χ1v) is 7.30. The van der Waals surface area contributed by atoms with Crippen LogP contribution in [0.2, 0.25) is 0 Å². The Kier molecular flexibility index (Phi) is 4.00. The highest BCUT2D eigenvalue weighted by atomic mass is 16.5. The van der Waals surface area contributed by atoms with Crippen LogP contribution in [0.4, 0.5) is 5.69 Å². The summed E-state index contributed by atoms with van der Waals surface area (Å²) in [5.74, 6) is -0.520. The van der Waals surface area contributed by atoms with Gasteiger partial charge < -0.3 is 20.2 Å². The zero-order valence-electron chi connectivity index (χ0n) is 12.4. The molecule has 7 nitrogen and oxygen atoms in total. The van der Waals surface area contributed by atoms with Crippen molar-refractivity contribution >= 4 is 22.7 Å². The van der Waals surface area contributed by atoms with Crippen molar-refractivity contribution in [1.29, 1.82) is 0 Å². The number of ether oxygens (including phenoxy) is 1. The Morgan fingerprint density at radius 3 is 2.86 bits per heavy atom. The van der Waals surface area contributed by atoms with Crippen LogP contribution in [0.1, 0.15) is 12.8 Å². The van der Waals surface area contributed by atoms with E-state index >= 15 is 0 Å². The van der Waals surface area contributed by atoms with E-state index in [1.54, 1.807) is 25.2 Å². The van der Waals surface area contributed by atoms with Crippen LogP contribution in [0.3, 0.4) is 0 Å². The molecule has 3 N–H and O–H groups in total. The highest BCUT2D eigenvalue weighted by Crippen LogP contribution is 2.21. The molecule has 1 aliphatic rings. The van der Waals surface area contributed by atoms with Gasteiger partial charge in [0.25, 0.3) is 0 Å². The number of carbonyl (C=O) groups is 1. The Morgan fingerprint density at radius 2 is 2.14 bits per heavy atom. The first-order valence-electron chi connectivity index (χ1n) is 7.30. The molecule has 0 radical (unpaired) electrons. The number of benzene rings is 1. The number of rotatable bonds is 3. The number of aromatic nitrogens is 1. The summed E-state index contributed by atoms with van der Waals surface area (Å²) < 4.78 is 11.7. The number of hydrogen-bond acceptors (Lipinski definition) is 5. The van der Waals surface area contributed by atoms with E-state index in [2.05, 4.69) is 5.32 Å². The van der Waals surface area contributed by atoms with Crippen LogP contribution in [0.5, 0.6) is 0 Å². The average Bonchev–Trinajstić information content (AvgIpc) is 2.82. The molecular weight excluding hydrogens is 286 g/mol. The molecular formula is C15H19N3O4. The van der Waals surface area contributed by atoms with Gasteiger partial charge in [-0.05, 0) is 37.0 Å². The minimum Gasteiger partial charge on any atom is -0.408 e. The molecule has 0 spiro atoms. The Bertz CT molecular complexity index is 743. The lowest BCUT2D eigenvalue weighted by atomic mass is 9.92. The van der Waals surface area contributed by atoms with Crippen LogP contribution in [-0.2, 0) is 16.6 Å². The first kappa shape index (κ1) is 14.8. The van der Waals surface area contributed by atoms with Gasteiger partial charge in [0.2, 0.25) is 5.91 Å². The number of anilines is 1. The first-order chi connectivity index (χ1) is 10.6. The molecule has 1 unspecified atom stereocenters. The number of nitrogens with zero attached hydrogens (tertiary/aromatic N) is 1. The van der Waals surface area contributed by atoms with Gasteiger partial charge in [0, 0.05) is 25.9 Å². The Balaban J connectivity index is 1.75. The van der Waals surface area contributed by atoms with Gasteiger partial charge in [-0.25, -0.2) is 4.79 Å². The zero-order valence-corrected chi connectivity index (χ0v) is 12.4. The minimum absolute atomic E-state index is 0.135. The number of oxazole rings is 1. The van der Waals surface area contributed by atoms with Gasteiger partial charge in [-0.3, -0.25) is 9.36 Å². The number of amides is 1. The van der Waals surface area contributed by atoms with E-state index in [1.807, 2.05) is 0 Å². The summed E-state index contributed by atoms with van der Waals surface area (Å²) in [4.78, 5) is 23.7. The predicted molar refractivity (Wildman–Crippen MR) is 81.6 cm³/mol. The lowest BCUT2D eigenvalue weighted by Gasteiger charge is -2.26. The van der Waals surface area contributed by atoms with Crippen molar-refractivity contribution in [1.82, 2.24) is 4.57 Å². The SMILES string of the molecule is Cn1c(=O)oc2ccc(NC(=O)C(N)C3CCOCC3)cc21. The molecule has 0 aliphatic carbocycles. The Labute approximate surface area is 127 Å². The molecule has 1 aromatic carbocycles. The molecule has 1 amide bonds. The molecule has 1 aliphatic heterocycles. The molecule has 7 heteroatoms. The number of nitrogens with one attached hydrogen (secondary N) is 1. The maximum Gasteiger partial charge on any atom is 0.419 e. The van der Waals surface area contributed by atoms with Gasteiger partial charge in [0.1, 0.15) is 0 Å². The van der Waals surface area contributed by atoms with E-state index in [1.165, 1.54) is 4.57 Å². The fourth-order valence-electron chi connectivity index (χ4n) is 2.72. The van der Waals surface area contributed by atoms with E-state index in [-0.39, 0.29) is 11.8 Å². The van der Waals surface area contributed by atoms with Gasteiger partial charge in [-0.2, -0.15) is 0 Å². The summed E-state index contributed by atoms with van der Waals surface area (Å²) in [5.41, 5.74) is 7.75. The second-order valence-corrected chi connectivity index (χ2v) is 5.57. The standard InChI is InChI=1S/C15H19N3O4/c1-18-11-8-10(2-3-12(11)22-15(18)20)17-14(19)13(16)9-4-6-21-7-5-9/h2-3,8-9,13H,4-7,16H2,1H3,(H,17,19). The molecule has 3 rings (SSSR count). The van der Waals surface area contributed by atoms with E-state index in [4.69, 9.17) is 14.9 Å². The van der Waals surface area contributed by atoms with Crippen LogP contribution in [-0.4, -0.2) is 29.7 Å². The summed E-state index contributed by atoms with van der Waals surface area (Å²) >= 11 is 0. The molecule has 2 heterocycles. The van der Waals surface area contributed by atoms with Gasteiger partial charge in [0.05, 0.1) is 11.6 Å². The molecule has 0 saturated carbocycles. The summed E-state index contributed by atoms with van der Waals surface area (Å²) in [5, 5.41) is 2.81. The predicted octanol–water partition coefficient (Wildman–Crippen LogP) is 0.824. The van der Waals surface area contributed by atoms with E-state index in [0.717, 1.165) is 12.8 Å². The third kappa shape index (κ3) is 2.77. The summed E-state index contributed by atoms with van der Waals surface area (Å²) in [6, 6.07) is 4.49. The Hall–Kier alpha value is -2.12. The van der Waals surface area contributed by atoms with Crippen molar-refractivity contribution in [2.75, 3.05) is 18.5 Å². The molecule has 22 heavy (non-hydrogen) atoms. The quantitative estimate of drug-likeness (QED) is 0.874. The van der Waals surface area contributed by atoms with Crippen molar-refractivity contribution in [3.05, 3.63) is 28.7 Å². The maximum atomic E-state index is 12.3. The lowest BCUT2D eigenvalue weighted by Crippen LogP contribution is -2.44. The normalized spacial score (nSPS) is 17.5. The van der Waals surface area contributed by atoms with Gasteiger partial charge >= 0.3 is 5.76 Å². The monoisotopic (exact) mass is 305 g/mol. The van der Waals surface area contributed by atoms with Crippen LogP contribution in [0.15, 0.2) is 27.4 Å². The zero-order chi connectivity index (χ0) is 15.7. The Morgan fingerprint density at radius 1 is 1.41 bits per heavy atom. The van der Waals surface area contributed by atoms with Crippen LogP contribution >= 0.6 is 0 Å².